The smallest absolute Gasteiger partial charge is 0.164 e. The Balaban J connectivity index is 1.12. The molecular formula is C53H33N5. The van der Waals surface area contributed by atoms with Crippen molar-refractivity contribution in [2.24, 2.45) is 0 Å². The molecule has 3 heterocycles. The fourth-order valence-corrected chi connectivity index (χ4v) is 8.94. The summed E-state index contributed by atoms with van der Waals surface area (Å²) in [6.45, 7) is 0. The highest BCUT2D eigenvalue weighted by atomic mass is 15.1. The lowest BCUT2D eigenvalue weighted by Gasteiger charge is -2.14. The van der Waals surface area contributed by atoms with E-state index in [9.17, 15) is 0 Å². The van der Waals surface area contributed by atoms with Crippen molar-refractivity contribution in [3.63, 3.8) is 0 Å². The van der Waals surface area contributed by atoms with Crippen LogP contribution in [0.5, 0.6) is 0 Å². The zero-order chi connectivity index (χ0) is 38.2. The Bertz CT molecular complexity index is 3550. The zero-order valence-corrected chi connectivity index (χ0v) is 31.3. The van der Waals surface area contributed by atoms with Gasteiger partial charge in [0.15, 0.2) is 17.5 Å². The van der Waals surface area contributed by atoms with Crippen LogP contribution in [-0.4, -0.2) is 24.1 Å². The molecule has 0 radical (unpaired) electrons. The first-order valence-corrected chi connectivity index (χ1v) is 19.6. The van der Waals surface area contributed by atoms with Crippen LogP contribution >= 0.6 is 0 Å². The van der Waals surface area contributed by atoms with Crippen molar-refractivity contribution < 1.29 is 0 Å². The highest BCUT2D eigenvalue weighted by Gasteiger charge is 2.24. The Morgan fingerprint density at radius 3 is 1.29 bits per heavy atom. The molecule has 12 rings (SSSR count). The molecule has 0 N–H and O–H groups in total. The van der Waals surface area contributed by atoms with Crippen molar-refractivity contribution in [2.75, 3.05) is 0 Å². The third-order valence-electron chi connectivity index (χ3n) is 11.5. The molecule has 270 valence electrons. The van der Waals surface area contributed by atoms with Crippen LogP contribution in [0.3, 0.4) is 0 Å². The number of fused-ring (bicyclic) bond motifs is 11. The summed E-state index contributed by atoms with van der Waals surface area (Å²) in [5.74, 6) is 1.91. The highest BCUT2D eigenvalue weighted by molar-refractivity contribution is 6.36. The maximum absolute atomic E-state index is 5.11. The molecule has 0 unspecified atom stereocenters. The van der Waals surface area contributed by atoms with Gasteiger partial charge in [-0.25, -0.2) is 15.0 Å². The van der Waals surface area contributed by atoms with Crippen LogP contribution in [0.25, 0.3) is 111 Å². The van der Waals surface area contributed by atoms with Gasteiger partial charge in [-0.1, -0.05) is 146 Å². The number of nitrogens with zero attached hydrogens (tertiary/aromatic N) is 5. The average Bonchev–Trinajstić information content (AvgIpc) is 3.84. The minimum absolute atomic E-state index is 0.628. The second kappa shape index (κ2) is 12.8. The molecular weight excluding hydrogens is 707 g/mol. The van der Waals surface area contributed by atoms with Crippen molar-refractivity contribution >= 4 is 65.2 Å². The van der Waals surface area contributed by atoms with Crippen LogP contribution in [0.4, 0.5) is 0 Å². The topological polar surface area (TPSA) is 48.5 Å². The van der Waals surface area contributed by atoms with Crippen molar-refractivity contribution in [1.82, 2.24) is 24.1 Å². The predicted molar refractivity (Wildman–Crippen MR) is 240 cm³/mol. The van der Waals surface area contributed by atoms with E-state index in [4.69, 9.17) is 15.0 Å². The molecule has 12 aromatic rings. The monoisotopic (exact) mass is 739 g/mol. The van der Waals surface area contributed by atoms with Crippen LogP contribution in [0.15, 0.2) is 200 Å². The van der Waals surface area contributed by atoms with Gasteiger partial charge in [0.05, 0.1) is 22.1 Å². The fourth-order valence-electron chi connectivity index (χ4n) is 8.94. The van der Waals surface area contributed by atoms with E-state index in [1.54, 1.807) is 0 Å². The van der Waals surface area contributed by atoms with Gasteiger partial charge in [0.1, 0.15) is 0 Å². The molecule has 3 aromatic heterocycles. The molecule has 9 aromatic carbocycles. The maximum atomic E-state index is 5.11. The van der Waals surface area contributed by atoms with Gasteiger partial charge in [-0.3, -0.25) is 0 Å². The average molecular weight is 740 g/mol. The van der Waals surface area contributed by atoms with E-state index in [0.29, 0.717) is 17.5 Å². The van der Waals surface area contributed by atoms with Gasteiger partial charge in [0, 0.05) is 49.6 Å². The summed E-state index contributed by atoms with van der Waals surface area (Å²) in [5, 5.41) is 9.77. The number of hydrogen-bond donors (Lipinski definition) is 0. The molecule has 0 spiro atoms. The van der Waals surface area contributed by atoms with Crippen LogP contribution in [-0.2, 0) is 0 Å². The molecule has 0 aliphatic carbocycles. The lowest BCUT2D eigenvalue weighted by atomic mass is 9.98. The summed E-state index contributed by atoms with van der Waals surface area (Å²) in [6.07, 6.45) is 0. The SMILES string of the molecule is c1ccc(-c2nc(-c3ccc(-n4c5ccccc5c5c6ccccc6c6c7ccccc7n(-c7ccccc7)c6c54)cc3)nc(-c3ccc4ccccc4c3)n2)cc1. The van der Waals surface area contributed by atoms with E-state index in [1.807, 2.05) is 30.3 Å². The Labute approximate surface area is 333 Å². The van der Waals surface area contributed by atoms with Gasteiger partial charge >= 0.3 is 0 Å². The van der Waals surface area contributed by atoms with Crippen molar-refractivity contribution in [2.45, 2.75) is 0 Å². The maximum Gasteiger partial charge on any atom is 0.164 e. The first kappa shape index (κ1) is 32.4. The number of aromatic nitrogens is 5. The molecule has 0 saturated carbocycles. The van der Waals surface area contributed by atoms with Gasteiger partial charge in [-0.2, -0.15) is 0 Å². The standard InChI is InChI=1S/C53H33N5/c1-3-16-35(17-4-1)51-54-52(56-53(55-51)38-28-27-34-15-7-8-18-37(34)33-38)36-29-31-40(32-30-36)58-46-26-14-12-24-44(46)48-42-22-10-9-21-41(42)47-43-23-11-13-25-45(43)57(49(47)50(48)58)39-19-5-2-6-20-39/h1-33H. The Morgan fingerprint density at radius 1 is 0.293 bits per heavy atom. The summed E-state index contributed by atoms with van der Waals surface area (Å²) in [6, 6.07) is 70.9. The largest absolute Gasteiger partial charge is 0.307 e. The van der Waals surface area contributed by atoms with Crippen molar-refractivity contribution in [3.8, 4) is 45.5 Å². The molecule has 58 heavy (non-hydrogen) atoms. The molecule has 0 saturated heterocycles. The first-order valence-electron chi connectivity index (χ1n) is 19.6. The zero-order valence-electron chi connectivity index (χ0n) is 31.3. The number of rotatable bonds is 5. The molecule has 5 nitrogen and oxygen atoms in total. The second-order valence-corrected chi connectivity index (χ2v) is 14.8. The quantitative estimate of drug-likeness (QED) is 0.177. The fraction of sp³-hybridized carbons (Fsp3) is 0. The lowest BCUT2D eigenvalue weighted by molar-refractivity contribution is 1.07. The van der Waals surface area contributed by atoms with E-state index in [0.717, 1.165) is 39.0 Å². The first-order chi connectivity index (χ1) is 28.8. The Kier molecular flexibility index (Phi) is 7.16. The molecule has 5 heteroatoms. The van der Waals surface area contributed by atoms with Gasteiger partial charge in [-0.15, -0.1) is 0 Å². The van der Waals surface area contributed by atoms with E-state index in [-0.39, 0.29) is 0 Å². The van der Waals surface area contributed by atoms with Gasteiger partial charge in [0.2, 0.25) is 0 Å². The second-order valence-electron chi connectivity index (χ2n) is 14.8. The third-order valence-corrected chi connectivity index (χ3v) is 11.5. The minimum atomic E-state index is 0.628. The Hall–Kier alpha value is -7.89. The van der Waals surface area contributed by atoms with Crippen molar-refractivity contribution in [3.05, 3.63) is 200 Å². The van der Waals surface area contributed by atoms with E-state index in [1.165, 1.54) is 54.3 Å². The predicted octanol–water partition coefficient (Wildman–Crippen LogP) is 13.4. The number of para-hydroxylation sites is 3. The highest BCUT2D eigenvalue weighted by Crippen LogP contribution is 2.46. The van der Waals surface area contributed by atoms with Gasteiger partial charge in [-0.05, 0) is 76.1 Å². The van der Waals surface area contributed by atoms with Crippen LogP contribution in [0.1, 0.15) is 0 Å². The van der Waals surface area contributed by atoms with Gasteiger partial charge < -0.3 is 9.13 Å². The summed E-state index contributed by atoms with van der Waals surface area (Å²) >= 11 is 0. The van der Waals surface area contributed by atoms with Crippen molar-refractivity contribution in [1.29, 1.82) is 0 Å². The summed E-state index contributed by atoms with van der Waals surface area (Å²) in [4.78, 5) is 15.2. The van der Waals surface area contributed by atoms with Crippen LogP contribution in [0, 0.1) is 0 Å². The van der Waals surface area contributed by atoms with E-state index < -0.39 is 0 Å². The molecule has 0 aliphatic heterocycles. The van der Waals surface area contributed by atoms with E-state index >= 15 is 0 Å². The summed E-state index contributed by atoms with van der Waals surface area (Å²) in [5.41, 5.74) is 9.69. The normalized spacial score (nSPS) is 11.8. The molecule has 0 aliphatic rings. The van der Waals surface area contributed by atoms with E-state index in [2.05, 4.69) is 179 Å². The number of hydrogen-bond acceptors (Lipinski definition) is 3. The minimum Gasteiger partial charge on any atom is -0.307 e. The van der Waals surface area contributed by atoms with Crippen LogP contribution < -0.4 is 0 Å². The number of benzene rings is 9. The molecule has 0 fully saturated rings. The molecule has 0 bridgehead atoms. The molecule has 0 atom stereocenters. The summed E-state index contributed by atoms with van der Waals surface area (Å²) < 4.78 is 4.90. The Morgan fingerprint density at radius 2 is 0.707 bits per heavy atom. The molecule has 0 amide bonds. The van der Waals surface area contributed by atoms with Gasteiger partial charge in [0.25, 0.3) is 0 Å². The lowest BCUT2D eigenvalue weighted by Crippen LogP contribution is -2.01. The van der Waals surface area contributed by atoms with Crippen LogP contribution in [0.2, 0.25) is 0 Å². The summed E-state index contributed by atoms with van der Waals surface area (Å²) in [7, 11) is 0. The third kappa shape index (κ3) is 4.93.